The van der Waals surface area contributed by atoms with E-state index >= 15 is 0 Å². The van der Waals surface area contributed by atoms with Crippen LogP contribution in [0.4, 0.5) is 5.69 Å². The highest BCUT2D eigenvalue weighted by molar-refractivity contribution is 7.92. The Hall–Kier alpha value is -3.46. The quantitative estimate of drug-likeness (QED) is 0.457. The number of carbonyl (C=O) groups excluding carboxylic acids is 1. The van der Waals surface area contributed by atoms with Crippen LogP contribution >= 0.6 is 0 Å². The van der Waals surface area contributed by atoms with Crippen LogP contribution in [0.1, 0.15) is 12.8 Å². The second kappa shape index (κ2) is 9.99. The molecule has 3 aromatic rings. The summed E-state index contributed by atoms with van der Waals surface area (Å²) in [6.07, 6.45) is 1.71. The highest BCUT2D eigenvalue weighted by Gasteiger charge is 2.21. The van der Waals surface area contributed by atoms with E-state index in [4.69, 9.17) is 14.2 Å². The molecule has 1 heterocycles. The highest BCUT2D eigenvalue weighted by atomic mass is 32.2. The SMILES string of the molecule is CS(=O)(=O)N(CCCC(=O)NCCOc1cccc2ccccc12)c1ccc2c(c1)OCO2. The summed E-state index contributed by atoms with van der Waals surface area (Å²) >= 11 is 0. The van der Waals surface area contributed by atoms with Crippen LogP contribution in [0.5, 0.6) is 17.2 Å². The number of hydrogen-bond acceptors (Lipinski definition) is 6. The number of nitrogens with zero attached hydrogens (tertiary/aromatic N) is 1. The maximum atomic E-state index is 12.3. The summed E-state index contributed by atoms with van der Waals surface area (Å²) in [4.78, 5) is 12.2. The topological polar surface area (TPSA) is 94.2 Å². The van der Waals surface area contributed by atoms with Crippen LogP contribution in [-0.2, 0) is 14.8 Å². The van der Waals surface area contributed by atoms with E-state index in [2.05, 4.69) is 5.32 Å². The third-order valence-corrected chi connectivity index (χ3v) is 6.43. The van der Waals surface area contributed by atoms with E-state index in [9.17, 15) is 13.2 Å². The molecule has 0 unspecified atom stereocenters. The van der Waals surface area contributed by atoms with Gasteiger partial charge in [0.2, 0.25) is 22.7 Å². The van der Waals surface area contributed by atoms with Crippen molar-refractivity contribution in [3.8, 4) is 17.2 Å². The first-order valence-corrected chi connectivity index (χ1v) is 12.5. The molecule has 1 aliphatic rings. The predicted molar refractivity (Wildman–Crippen MR) is 126 cm³/mol. The number of fused-ring (bicyclic) bond motifs is 2. The first-order chi connectivity index (χ1) is 15.9. The van der Waals surface area contributed by atoms with E-state index in [0.717, 1.165) is 22.8 Å². The monoisotopic (exact) mass is 470 g/mol. The van der Waals surface area contributed by atoms with Crippen molar-refractivity contribution in [3.05, 3.63) is 60.7 Å². The van der Waals surface area contributed by atoms with E-state index in [1.54, 1.807) is 18.2 Å². The molecule has 1 amide bonds. The summed E-state index contributed by atoms with van der Waals surface area (Å²) in [5.74, 6) is 1.70. The second-order valence-corrected chi connectivity index (χ2v) is 9.56. The van der Waals surface area contributed by atoms with Gasteiger partial charge < -0.3 is 19.5 Å². The zero-order valence-electron chi connectivity index (χ0n) is 18.3. The molecule has 0 saturated heterocycles. The summed E-state index contributed by atoms with van der Waals surface area (Å²) < 4.78 is 42.3. The van der Waals surface area contributed by atoms with Crippen molar-refractivity contribution < 1.29 is 27.4 Å². The molecule has 0 saturated carbocycles. The molecule has 0 bridgehead atoms. The van der Waals surface area contributed by atoms with Crippen LogP contribution in [0.3, 0.4) is 0 Å². The van der Waals surface area contributed by atoms with Crippen molar-refractivity contribution in [3.63, 3.8) is 0 Å². The Morgan fingerprint density at radius 2 is 1.85 bits per heavy atom. The number of sulfonamides is 1. The fourth-order valence-corrected chi connectivity index (χ4v) is 4.63. The van der Waals surface area contributed by atoms with E-state index < -0.39 is 10.0 Å². The number of nitrogens with one attached hydrogen (secondary N) is 1. The summed E-state index contributed by atoms with van der Waals surface area (Å²) in [6.45, 7) is 0.993. The Morgan fingerprint density at radius 3 is 2.70 bits per heavy atom. The standard InChI is InChI=1S/C24H26N2O6S/c1-33(28,29)26(19-11-12-22-23(16-19)32-17-31-22)14-5-10-24(27)25-13-15-30-21-9-4-7-18-6-2-3-8-20(18)21/h2-4,6-9,11-12,16H,5,10,13-15,17H2,1H3,(H,25,27). The third-order valence-electron chi connectivity index (χ3n) is 5.24. The summed E-state index contributed by atoms with van der Waals surface area (Å²) in [7, 11) is -3.52. The van der Waals surface area contributed by atoms with Gasteiger partial charge in [-0.3, -0.25) is 9.10 Å². The van der Waals surface area contributed by atoms with Gasteiger partial charge in [-0.2, -0.15) is 0 Å². The van der Waals surface area contributed by atoms with Crippen molar-refractivity contribution in [1.82, 2.24) is 5.32 Å². The lowest BCUT2D eigenvalue weighted by Crippen LogP contribution is -2.32. The van der Waals surface area contributed by atoms with Crippen LogP contribution < -0.4 is 23.8 Å². The van der Waals surface area contributed by atoms with Gasteiger partial charge in [-0.15, -0.1) is 0 Å². The molecule has 0 spiro atoms. The third kappa shape index (κ3) is 5.67. The number of carbonyl (C=O) groups is 1. The lowest BCUT2D eigenvalue weighted by atomic mass is 10.1. The molecule has 0 atom stereocenters. The Bertz CT molecular complexity index is 1240. The Labute approximate surface area is 193 Å². The predicted octanol–water partition coefficient (Wildman–Crippen LogP) is 3.31. The minimum Gasteiger partial charge on any atom is -0.491 e. The van der Waals surface area contributed by atoms with Crippen molar-refractivity contribution in [2.24, 2.45) is 0 Å². The van der Waals surface area contributed by atoms with E-state index in [0.29, 0.717) is 36.8 Å². The molecule has 0 aliphatic carbocycles. The molecule has 9 heteroatoms. The first-order valence-electron chi connectivity index (χ1n) is 10.7. The Kier molecular flexibility index (Phi) is 6.88. The molecule has 1 aliphatic heterocycles. The largest absolute Gasteiger partial charge is 0.491 e. The van der Waals surface area contributed by atoms with Crippen LogP contribution in [0, 0.1) is 0 Å². The van der Waals surface area contributed by atoms with Gasteiger partial charge in [0, 0.05) is 24.4 Å². The summed E-state index contributed by atoms with van der Waals surface area (Å²) in [5, 5.41) is 4.94. The lowest BCUT2D eigenvalue weighted by molar-refractivity contribution is -0.121. The number of rotatable bonds is 10. The number of anilines is 1. The summed E-state index contributed by atoms with van der Waals surface area (Å²) in [6, 6.07) is 18.8. The van der Waals surface area contributed by atoms with Gasteiger partial charge in [0.05, 0.1) is 18.5 Å². The van der Waals surface area contributed by atoms with E-state index in [-0.39, 0.29) is 25.7 Å². The molecule has 33 heavy (non-hydrogen) atoms. The molecule has 0 fully saturated rings. The zero-order chi connectivity index (χ0) is 23.3. The van der Waals surface area contributed by atoms with E-state index in [1.807, 2.05) is 42.5 Å². The van der Waals surface area contributed by atoms with Crippen LogP contribution in [0.2, 0.25) is 0 Å². The highest BCUT2D eigenvalue weighted by Crippen LogP contribution is 2.36. The molecule has 3 aromatic carbocycles. The molecule has 174 valence electrons. The summed E-state index contributed by atoms with van der Waals surface area (Å²) in [5.41, 5.74) is 0.477. The second-order valence-electron chi connectivity index (χ2n) is 7.65. The molecule has 4 rings (SSSR count). The fraction of sp³-hybridized carbons (Fsp3) is 0.292. The molecule has 0 radical (unpaired) electrons. The lowest BCUT2D eigenvalue weighted by Gasteiger charge is -2.22. The van der Waals surface area contributed by atoms with Gasteiger partial charge in [-0.25, -0.2) is 8.42 Å². The molecule has 1 N–H and O–H groups in total. The van der Waals surface area contributed by atoms with Crippen molar-refractivity contribution in [2.45, 2.75) is 12.8 Å². The minimum absolute atomic E-state index is 0.113. The molecule has 8 nitrogen and oxygen atoms in total. The van der Waals surface area contributed by atoms with E-state index in [1.165, 1.54) is 4.31 Å². The number of hydrogen-bond donors (Lipinski definition) is 1. The van der Waals surface area contributed by atoms with Crippen molar-refractivity contribution >= 4 is 32.4 Å². The van der Waals surface area contributed by atoms with Gasteiger partial charge in [-0.05, 0) is 30.0 Å². The normalized spacial score (nSPS) is 12.5. The average Bonchev–Trinajstić information content (AvgIpc) is 3.27. The molecular weight excluding hydrogens is 444 g/mol. The Morgan fingerprint density at radius 1 is 1.06 bits per heavy atom. The number of ether oxygens (including phenoxy) is 3. The average molecular weight is 471 g/mol. The molecule has 0 aromatic heterocycles. The van der Waals surface area contributed by atoms with Gasteiger partial charge in [0.1, 0.15) is 12.4 Å². The van der Waals surface area contributed by atoms with Crippen molar-refractivity contribution in [2.75, 3.05) is 37.1 Å². The van der Waals surface area contributed by atoms with Gasteiger partial charge in [-0.1, -0.05) is 36.4 Å². The van der Waals surface area contributed by atoms with Crippen molar-refractivity contribution in [1.29, 1.82) is 0 Å². The maximum absolute atomic E-state index is 12.3. The first kappa shape index (κ1) is 22.7. The van der Waals surface area contributed by atoms with Gasteiger partial charge in [0.15, 0.2) is 11.5 Å². The van der Waals surface area contributed by atoms with Gasteiger partial charge in [0.25, 0.3) is 0 Å². The fourth-order valence-electron chi connectivity index (χ4n) is 3.67. The minimum atomic E-state index is -3.52. The Balaban J connectivity index is 1.24. The van der Waals surface area contributed by atoms with Gasteiger partial charge >= 0.3 is 0 Å². The van der Waals surface area contributed by atoms with Crippen LogP contribution in [-0.4, -0.2) is 47.1 Å². The van der Waals surface area contributed by atoms with Crippen LogP contribution in [0.15, 0.2) is 60.7 Å². The molecular formula is C24H26N2O6S. The number of amides is 1. The zero-order valence-corrected chi connectivity index (χ0v) is 19.1. The maximum Gasteiger partial charge on any atom is 0.232 e. The number of benzene rings is 3. The smallest absolute Gasteiger partial charge is 0.232 e. The van der Waals surface area contributed by atoms with Crippen LogP contribution in [0.25, 0.3) is 10.8 Å².